The lowest BCUT2D eigenvalue weighted by Crippen LogP contribution is -2.45. The van der Waals surface area contributed by atoms with Gasteiger partial charge in [-0.05, 0) is 61.6 Å². The number of nitrogens with two attached hydrogens (primary N) is 1. The second-order valence-electron chi connectivity index (χ2n) is 10.5. The number of hydrogen-bond donors (Lipinski definition) is 2. The summed E-state index contributed by atoms with van der Waals surface area (Å²) in [6.45, 7) is 5.49. The molecule has 0 radical (unpaired) electrons. The lowest BCUT2D eigenvalue weighted by atomic mass is 9.83. The molecular formula is C29H42N4O4. The first kappa shape index (κ1) is 27.2. The van der Waals surface area contributed by atoms with Crippen LogP contribution in [0.5, 0.6) is 5.75 Å². The number of hydrogen-bond acceptors (Lipinski definition) is 5. The fourth-order valence-corrected chi connectivity index (χ4v) is 5.95. The van der Waals surface area contributed by atoms with Gasteiger partial charge in [0.1, 0.15) is 5.75 Å². The van der Waals surface area contributed by atoms with Crippen molar-refractivity contribution in [3.05, 3.63) is 53.3 Å². The first-order valence-electron chi connectivity index (χ1n) is 13.7. The summed E-state index contributed by atoms with van der Waals surface area (Å²) in [7, 11) is 2.01. The van der Waals surface area contributed by atoms with E-state index in [1.807, 2.05) is 36.3 Å². The second kappa shape index (κ2) is 12.6. The molecular weight excluding hydrogens is 468 g/mol. The Morgan fingerprint density at radius 2 is 2.03 bits per heavy atom. The fourth-order valence-electron chi connectivity index (χ4n) is 5.95. The third kappa shape index (κ3) is 6.36. The molecule has 3 N–H and O–H groups in total. The Morgan fingerprint density at radius 1 is 1.22 bits per heavy atom. The number of fused-ring (bicyclic) bond motifs is 1. The van der Waals surface area contributed by atoms with Gasteiger partial charge in [-0.15, -0.1) is 0 Å². The molecule has 1 aromatic heterocycles. The van der Waals surface area contributed by atoms with E-state index in [0.717, 1.165) is 49.0 Å². The van der Waals surface area contributed by atoms with Crippen molar-refractivity contribution < 1.29 is 19.4 Å². The number of aromatic nitrogens is 1. The summed E-state index contributed by atoms with van der Waals surface area (Å²) >= 11 is 0. The predicted molar refractivity (Wildman–Crippen MR) is 144 cm³/mol. The Hall–Kier alpha value is -2.84. The van der Waals surface area contributed by atoms with Crippen LogP contribution in [0.1, 0.15) is 55.3 Å². The number of nitrogens with zero attached hydrogens (tertiary/aromatic N) is 3. The van der Waals surface area contributed by atoms with Crippen molar-refractivity contribution in [1.29, 1.82) is 0 Å². The highest BCUT2D eigenvalue weighted by atomic mass is 16.5. The Labute approximate surface area is 220 Å². The summed E-state index contributed by atoms with van der Waals surface area (Å²) in [5, 5.41) is 10.4. The van der Waals surface area contributed by atoms with Crippen molar-refractivity contribution in [3.63, 3.8) is 0 Å². The van der Waals surface area contributed by atoms with Crippen molar-refractivity contribution >= 4 is 11.9 Å². The molecule has 2 aliphatic rings. The molecule has 1 amide bonds. The molecule has 2 aromatic rings. The average Bonchev–Trinajstić information content (AvgIpc) is 3.60. The van der Waals surface area contributed by atoms with Gasteiger partial charge in [0, 0.05) is 57.0 Å². The third-order valence-corrected chi connectivity index (χ3v) is 8.03. The van der Waals surface area contributed by atoms with E-state index in [9.17, 15) is 14.7 Å². The molecule has 8 nitrogen and oxygen atoms in total. The number of carbonyl (C=O) groups is 2. The molecule has 1 fully saturated rings. The van der Waals surface area contributed by atoms with Crippen LogP contribution in [0.4, 0.5) is 0 Å². The van der Waals surface area contributed by atoms with Gasteiger partial charge in [-0.1, -0.05) is 25.5 Å². The molecule has 0 saturated carbocycles. The molecule has 37 heavy (non-hydrogen) atoms. The van der Waals surface area contributed by atoms with Gasteiger partial charge in [0.2, 0.25) is 5.91 Å². The number of carbonyl (C=O) groups excluding carboxylic acids is 1. The fraction of sp³-hybridized carbons (Fsp3) is 0.586. The van der Waals surface area contributed by atoms with E-state index in [1.165, 1.54) is 5.69 Å². The predicted octanol–water partition coefficient (Wildman–Crippen LogP) is 3.04. The van der Waals surface area contributed by atoms with Crippen molar-refractivity contribution in [2.75, 3.05) is 39.3 Å². The van der Waals surface area contributed by atoms with E-state index in [2.05, 4.69) is 28.5 Å². The zero-order valence-corrected chi connectivity index (χ0v) is 22.3. The van der Waals surface area contributed by atoms with Crippen LogP contribution >= 0.6 is 0 Å². The summed E-state index contributed by atoms with van der Waals surface area (Å²) < 4.78 is 7.76. The second-order valence-corrected chi connectivity index (χ2v) is 10.5. The first-order chi connectivity index (χ1) is 17.9. The van der Waals surface area contributed by atoms with E-state index in [1.54, 1.807) is 0 Å². The van der Waals surface area contributed by atoms with Crippen LogP contribution in [0.25, 0.3) is 0 Å². The molecule has 202 valence electrons. The average molecular weight is 511 g/mol. The lowest BCUT2D eigenvalue weighted by Gasteiger charge is -2.30. The number of carboxylic acid groups (broad SMARTS) is 1. The molecule has 3 atom stereocenters. The van der Waals surface area contributed by atoms with Crippen molar-refractivity contribution in [1.82, 2.24) is 14.4 Å². The number of aliphatic carboxylic acids is 1. The van der Waals surface area contributed by atoms with Crippen molar-refractivity contribution in [2.45, 2.75) is 57.4 Å². The van der Waals surface area contributed by atoms with Crippen LogP contribution in [0.15, 0.2) is 36.5 Å². The van der Waals surface area contributed by atoms with Gasteiger partial charge in [0.15, 0.2) is 0 Å². The Balaban J connectivity index is 1.59. The van der Waals surface area contributed by atoms with Crippen LogP contribution in [0, 0.1) is 5.92 Å². The first-order valence-corrected chi connectivity index (χ1v) is 13.7. The molecule has 8 heteroatoms. The lowest BCUT2D eigenvalue weighted by molar-refractivity contribution is -0.143. The van der Waals surface area contributed by atoms with Crippen molar-refractivity contribution in [3.8, 4) is 5.75 Å². The normalized spacial score (nSPS) is 21.1. The molecule has 1 unspecified atom stereocenters. The van der Waals surface area contributed by atoms with Crippen LogP contribution in [0.2, 0.25) is 0 Å². The largest absolute Gasteiger partial charge is 0.493 e. The number of amides is 1. The number of unbranched alkanes of at least 4 members (excludes halogenated alkanes) is 1. The minimum absolute atomic E-state index is 0.0675. The van der Waals surface area contributed by atoms with Gasteiger partial charge >= 0.3 is 5.97 Å². The minimum Gasteiger partial charge on any atom is -0.493 e. The summed E-state index contributed by atoms with van der Waals surface area (Å²) in [5.74, 6) is -0.589. The quantitative estimate of drug-likeness (QED) is 0.430. The monoisotopic (exact) mass is 510 g/mol. The number of rotatable bonds is 13. The van der Waals surface area contributed by atoms with E-state index >= 15 is 0 Å². The molecule has 4 rings (SSSR count). The molecule has 1 saturated heterocycles. The zero-order valence-electron chi connectivity index (χ0n) is 22.3. The molecule has 1 aromatic carbocycles. The van der Waals surface area contributed by atoms with Gasteiger partial charge in [-0.3, -0.25) is 14.5 Å². The highest BCUT2D eigenvalue weighted by molar-refractivity contribution is 5.79. The molecule has 3 heterocycles. The Kier molecular flexibility index (Phi) is 9.27. The standard InChI is InChI=1S/C29H42N4O4/c1-3-4-15-32(16-6-13-30)27(34)20-33-19-24(21-8-11-26-22(18-21)12-17-37-26)28(29(35)36)25(33)10-9-23-7-5-14-31(23)2/h5,7-8,11,14,18,24-25,28H,3-4,6,9-10,12-13,15-17,19-20,30H2,1-2H3,(H,35,36)/t24-,25+,28?/m1/s1. The number of carboxylic acids is 1. The van der Waals surface area contributed by atoms with E-state index in [4.69, 9.17) is 10.5 Å². The maximum absolute atomic E-state index is 13.5. The highest BCUT2D eigenvalue weighted by Crippen LogP contribution is 2.41. The van der Waals surface area contributed by atoms with Crippen molar-refractivity contribution in [2.24, 2.45) is 18.7 Å². The highest BCUT2D eigenvalue weighted by Gasteiger charge is 2.47. The summed E-state index contributed by atoms with van der Waals surface area (Å²) in [6, 6.07) is 9.98. The van der Waals surface area contributed by atoms with Gasteiger partial charge < -0.3 is 25.0 Å². The maximum Gasteiger partial charge on any atom is 0.308 e. The van der Waals surface area contributed by atoms with E-state index < -0.39 is 11.9 Å². The number of likely N-dealkylation sites (tertiary alicyclic amines) is 1. The van der Waals surface area contributed by atoms with Crippen LogP contribution in [-0.2, 0) is 29.5 Å². The van der Waals surface area contributed by atoms with Gasteiger partial charge in [0.05, 0.1) is 19.1 Å². The van der Waals surface area contributed by atoms with Crippen LogP contribution < -0.4 is 10.5 Å². The Bertz CT molecular complexity index is 1060. The van der Waals surface area contributed by atoms with Crippen LogP contribution in [0.3, 0.4) is 0 Å². The number of aryl methyl sites for hydroxylation is 2. The van der Waals surface area contributed by atoms with Gasteiger partial charge in [-0.25, -0.2) is 0 Å². The molecule has 2 aliphatic heterocycles. The molecule has 0 aliphatic carbocycles. The molecule has 0 bridgehead atoms. The van der Waals surface area contributed by atoms with Gasteiger partial charge in [-0.2, -0.15) is 0 Å². The zero-order chi connectivity index (χ0) is 26.4. The number of ether oxygens (including phenoxy) is 1. The smallest absolute Gasteiger partial charge is 0.308 e. The van der Waals surface area contributed by atoms with Gasteiger partial charge in [0.25, 0.3) is 0 Å². The molecule has 0 spiro atoms. The van der Waals surface area contributed by atoms with Crippen LogP contribution in [-0.4, -0.2) is 76.7 Å². The SMILES string of the molecule is CCCCN(CCCN)C(=O)CN1C[C@H](c2ccc3c(c2)CCO3)C(C(=O)O)[C@@H]1CCc1cccn1C. The summed E-state index contributed by atoms with van der Waals surface area (Å²) in [4.78, 5) is 30.3. The topological polar surface area (TPSA) is 101 Å². The summed E-state index contributed by atoms with van der Waals surface area (Å²) in [5.41, 5.74) is 9.08. The third-order valence-electron chi connectivity index (χ3n) is 8.03. The summed E-state index contributed by atoms with van der Waals surface area (Å²) in [6.07, 6.45) is 7.04. The van der Waals surface area contributed by atoms with E-state index in [-0.39, 0.29) is 24.4 Å². The maximum atomic E-state index is 13.5. The minimum atomic E-state index is -0.792. The Morgan fingerprint density at radius 3 is 2.73 bits per heavy atom. The van der Waals surface area contributed by atoms with E-state index in [0.29, 0.717) is 39.2 Å². The number of benzene rings is 1.